The zero-order valence-electron chi connectivity index (χ0n) is 15.5. The minimum absolute atomic E-state index is 0.151. The Balaban J connectivity index is 1.49. The quantitative estimate of drug-likeness (QED) is 0.750. The van der Waals surface area contributed by atoms with E-state index in [0.29, 0.717) is 11.1 Å². The summed E-state index contributed by atoms with van der Waals surface area (Å²) in [6.07, 6.45) is 4.57. The molecule has 1 aromatic heterocycles. The number of rotatable bonds is 5. The maximum atomic E-state index is 12.8. The largest absolute Gasteiger partial charge is 0.342 e. The van der Waals surface area contributed by atoms with Gasteiger partial charge in [0.05, 0.1) is 10.9 Å². The number of para-hydroxylation sites is 1. The Labute approximate surface area is 159 Å². The van der Waals surface area contributed by atoms with Crippen LogP contribution in [-0.4, -0.2) is 43.9 Å². The Bertz CT molecular complexity index is 763. The number of thioether (sulfide) groups is 1. The van der Waals surface area contributed by atoms with Gasteiger partial charge in [0, 0.05) is 19.0 Å². The zero-order chi connectivity index (χ0) is 18.1. The summed E-state index contributed by atoms with van der Waals surface area (Å²) >= 11 is 1.49. The highest BCUT2D eigenvalue weighted by Gasteiger charge is 2.32. The second-order valence-electron chi connectivity index (χ2n) is 7.54. The number of hydrogen-bond donors (Lipinski definition) is 0. The molecule has 2 aromatic rings. The number of aromatic nitrogens is 3. The van der Waals surface area contributed by atoms with Gasteiger partial charge < -0.3 is 4.90 Å². The van der Waals surface area contributed by atoms with E-state index in [1.165, 1.54) is 24.6 Å². The number of amides is 1. The molecular formula is C20H26N4OS. The Morgan fingerprint density at radius 3 is 2.50 bits per heavy atom. The number of piperidine rings is 1. The first-order valence-corrected chi connectivity index (χ1v) is 10.5. The van der Waals surface area contributed by atoms with Crippen LogP contribution in [0.2, 0.25) is 0 Å². The van der Waals surface area contributed by atoms with Gasteiger partial charge in [0.2, 0.25) is 11.1 Å². The van der Waals surface area contributed by atoms with Crippen LogP contribution in [0.3, 0.4) is 0 Å². The summed E-state index contributed by atoms with van der Waals surface area (Å²) in [5, 5.41) is 5.28. The van der Waals surface area contributed by atoms with Crippen molar-refractivity contribution < 1.29 is 4.79 Å². The molecule has 1 aromatic carbocycles. The predicted molar refractivity (Wildman–Crippen MR) is 104 cm³/mol. The molecule has 2 fully saturated rings. The van der Waals surface area contributed by atoms with E-state index in [9.17, 15) is 4.79 Å². The highest BCUT2D eigenvalue weighted by Crippen LogP contribution is 2.40. The van der Waals surface area contributed by atoms with E-state index in [1.807, 2.05) is 34.7 Å². The molecule has 2 heterocycles. The van der Waals surface area contributed by atoms with Gasteiger partial charge in [-0.15, -0.1) is 5.10 Å². The summed E-state index contributed by atoms with van der Waals surface area (Å²) in [6.45, 7) is 6.00. The fourth-order valence-electron chi connectivity index (χ4n) is 3.41. The average Bonchev–Trinajstić information content (AvgIpc) is 3.43. The molecule has 5 nitrogen and oxygen atoms in total. The third-order valence-electron chi connectivity index (χ3n) is 5.28. The van der Waals surface area contributed by atoms with Crippen molar-refractivity contribution in [3.8, 4) is 5.69 Å². The monoisotopic (exact) mass is 370 g/mol. The van der Waals surface area contributed by atoms with Crippen LogP contribution in [0.5, 0.6) is 0 Å². The van der Waals surface area contributed by atoms with E-state index in [4.69, 9.17) is 10.1 Å². The molecule has 1 aliphatic carbocycles. The fraction of sp³-hybridized carbons (Fsp3) is 0.550. The van der Waals surface area contributed by atoms with Gasteiger partial charge in [-0.1, -0.05) is 36.9 Å². The minimum Gasteiger partial charge on any atom is -0.342 e. The molecule has 4 rings (SSSR count). The van der Waals surface area contributed by atoms with E-state index in [-0.39, 0.29) is 11.2 Å². The molecule has 0 bridgehead atoms. The zero-order valence-corrected chi connectivity index (χ0v) is 16.3. The van der Waals surface area contributed by atoms with Crippen molar-refractivity contribution >= 4 is 17.7 Å². The standard InChI is InChI=1S/C20H26N4OS/c1-14-10-12-23(13-11-14)19(25)15(2)26-20-21-18(16-8-9-16)24(22-20)17-6-4-3-5-7-17/h3-7,14-16H,8-13H2,1-2H3/t15-/m0/s1. The van der Waals surface area contributed by atoms with Gasteiger partial charge in [0.1, 0.15) is 5.82 Å². The lowest BCUT2D eigenvalue weighted by Gasteiger charge is -2.31. The topological polar surface area (TPSA) is 51.0 Å². The van der Waals surface area contributed by atoms with Crippen molar-refractivity contribution in [2.45, 2.75) is 55.9 Å². The van der Waals surface area contributed by atoms with Gasteiger partial charge in [-0.2, -0.15) is 0 Å². The molecule has 1 saturated heterocycles. The summed E-state index contributed by atoms with van der Waals surface area (Å²) in [7, 11) is 0. The van der Waals surface area contributed by atoms with Crippen LogP contribution in [0.4, 0.5) is 0 Å². The normalized spacial score (nSPS) is 19.5. The maximum Gasteiger partial charge on any atom is 0.235 e. The highest BCUT2D eigenvalue weighted by molar-refractivity contribution is 8.00. The van der Waals surface area contributed by atoms with Gasteiger partial charge in [0.15, 0.2) is 0 Å². The molecule has 26 heavy (non-hydrogen) atoms. The van der Waals surface area contributed by atoms with Crippen molar-refractivity contribution in [1.29, 1.82) is 0 Å². The Morgan fingerprint density at radius 2 is 1.85 bits per heavy atom. The van der Waals surface area contributed by atoms with Gasteiger partial charge >= 0.3 is 0 Å². The van der Waals surface area contributed by atoms with Crippen LogP contribution < -0.4 is 0 Å². The molecule has 1 aliphatic heterocycles. The molecule has 0 radical (unpaired) electrons. The van der Waals surface area contributed by atoms with Crippen molar-refractivity contribution in [1.82, 2.24) is 19.7 Å². The molecule has 0 unspecified atom stereocenters. The molecule has 138 valence electrons. The first-order valence-electron chi connectivity index (χ1n) is 9.59. The van der Waals surface area contributed by atoms with Crippen LogP contribution in [0, 0.1) is 5.92 Å². The van der Waals surface area contributed by atoms with E-state index in [2.05, 4.69) is 19.1 Å². The molecule has 2 aliphatic rings. The van der Waals surface area contributed by atoms with Gasteiger partial charge in [-0.05, 0) is 50.7 Å². The average molecular weight is 371 g/mol. The second-order valence-corrected chi connectivity index (χ2v) is 8.85. The van der Waals surface area contributed by atoms with Crippen molar-refractivity contribution in [3.63, 3.8) is 0 Å². The van der Waals surface area contributed by atoms with Crippen LogP contribution in [0.15, 0.2) is 35.5 Å². The minimum atomic E-state index is -0.151. The Kier molecular flexibility index (Phi) is 5.02. The number of hydrogen-bond acceptors (Lipinski definition) is 4. The molecule has 0 spiro atoms. The number of benzene rings is 1. The molecule has 0 N–H and O–H groups in total. The SMILES string of the molecule is CC1CCN(C(=O)[C@H](C)Sc2nc(C3CC3)n(-c3ccccc3)n2)CC1. The summed E-state index contributed by atoms with van der Waals surface area (Å²) in [4.78, 5) is 19.5. The van der Waals surface area contributed by atoms with Gasteiger partial charge in [0.25, 0.3) is 0 Å². The molecule has 1 amide bonds. The number of carbonyl (C=O) groups is 1. The fourth-order valence-corrected chi connectivity index (χ4v) is 4.26. The van der Waals surface area contributed by atoms with Crippen molar-refractivity contribution in [2.24, 2.45) is 5.92 Å². The molecule has 6 heteroatoms. The van der Waals surface area contributed by atoms with Crippen molar-refractivity contribution in [2.75, 3.05) is 13.1 Å². The number of likely N-dealkylation sites (tertiary alicyclic amines) is 1. The predicted octanol–water partition coefficient (Wildman–Crippen LogP) is 3.88. The van der Waals surface area contributed by atoms with E-state index < -0.39 is 0 Å². The number of carbonyl (C=O) groups excluding carboxylic acids is 1. The van der Waals surface area contributed by atoms with E-state index in [1.54, 1.807) is 0 Å². The first-order chi connectivity index (χ1) is 12.6. The maximum absolute atomic E-state index is 12.8. The van der Waals surface area contributed by atoms with Crippen LogP contribution >= 0.6 is 11.8 Å². The lowest BCUT2D eigenvalue weighted by molar-refractivity contribution is -0.131. The number of nitrogens with zero attached hydrogens (tertiary/aromatic N) is 4. The summed E-state index contributed by atoms with van der Waals surface area (Å²) < 4.78 is 1.96. The summed E-state index contributed by atoms with van der Waals surface area (Å²) in [6, 6.07) is 10.2. The smallest absolute Gasteiger partial charge is 0.235 e. The van der Waals surface area contributed by atoms with Crippen LogP contribution in [0.1, 0.15) is 51.3 Å². The van der Waals surface area contributed by atoms with Crippen molar-refractivity contribution in [3.05, 3.63) is 36.2 Å². The van der Waals surface area contributed by atoms with E-state index >= 15 is 0 Å². The molecule has 1 saturated carbocycles. The highest BCUT2D eigenvalue weighted by atomic mass is 32.2. The van der Waals surface area contributed by atoms with Crippen LogP contribution in [0.25, 0.3) is 5.69 Å². The molecule has 1 atom stereocenters. The Morgan fingerprint density at radius 1 is 1.15 bits per heavy atom. The van der Waals surface area contributed by atoms with Gasteiger partial charge in [-0.3, -0.25) is 4.79 Å². The Hall–Kier alpha value is -1.82. The lowest BCUT2D eigenvalue weighted by atomic mass is 9.99. The van der Waals surface area contributed by atoms with E-state index in [0.717, 1.165) is 43.4 Å². The van der Waals surface area contributed by atoms with Crippen LogP contribution in [-0.2, 0) is 4.79 Å². The third kappa shape index (κ3) is 3.80. The van der Waals surface area contributed by atoms with Gasteiger partial charge in [-0.25, -0.2) is 9.67 Å². The summed E-state index contributed by atoms with van der Waals surface area (Å²) in [5.74, 6) is 2.48. The third-order valence-corrected chi connectivity index (χ3v) is 6.22. The lowest BCUT2D eigenvalue weighted by Crippen LogP contribution is -2.41. The summed E-state index contributed by atoms with van der Waals surface area (Å²) in [5.41, 5.74) is 1.04. The first kappa shape index (κ1) is 17.6. The second kappa shape index (κ2) is 7.43. The molecular weight excluding hydrogens is 344 g/mol.